The fourth-order valence-corrected chi connectivity index (χ4v) is 3.63. The maximum Gasteiger partial charge on any atom is 0.226 e. The van der Waals surface area contributed by atoms with Crippen molar-refractivity contribution in [2.75, 3.05) is 0 Å². The zero-order valence-electron chi connectivity index (χ0n) is 15.3. The topological polar surface area (TPSA) is 59.8 Å². The van der Waals surface area contributed by atoms with Gasteiger partial charge in [-0.3, -0.25) is 4.79 Å². The number of aromatic nitrogens is 3. The molecule has 0 unspecified atom stereocenters. The summed E-state index contributed by atoms with van der Waals surface area (Å²) in [5.41, 5.74) is 4.69. The maximum absolute atomic E-state index is 12.9. The first-order valence-electron chi connectivity index (χ1n) is 8.60. The molecule has 0 aliphatic heterocycles. The van der Waals surface area contributed by atoms with Crippen LogP contribution in [0.5, 0.6) is 0 Å². The zero-order chi connectivity index (χ0) is 19.4. The molecular weight excluding hydrogens is 363 g/mol. The van der Waals surface area contributed by atoms with Crippen molar-refractivity contribution < 1.29 is 9.18 Å². The minimum absolute atomic E-state index is 0.128. The van der Waals surface area contributed by atoms with Crippen LogP contribution in [0.1, 0.15) is 28.2 Å². The number of aryl methyl sites for hydroxylation is 1. The number of benzene rings is 1. The molecule has 1 aromatic carbocycles. The van der Waals surface area contributed by atoms with Crippen LogP contribution < -0.4 is 5.32 Å². The summed E-state index contributed by atoms with van der Waals surface area (Å²) >= 11 is 1.46. The maximum atomic E-state index is 12.9. The van der Waals surface area contributed by atoms with E-state index in [1.807, 2.05) is 30.0 Å². The Kier molecular flexibility index (Phi) is 5.81. The summed E-state index contributed by atoms with van der Waals surface area (Å²) in [6.45, 7) is 8.13. The Morgan fingerprint density at radius 1 is 1.33 bits per heavy atom. The van der Waals surface area contributed by atoms with Gasteiger partial charge in [-0.15, -0.1) is 17.9 Å². The van der Waals surface area contributed by atoms with Crippen LogP contribution >= 0.6 is 11.3 Å². The fourth-order valence-electron chi connectivity index (χ4n) is 2.81. The van der Waals surface area contributed by atoms with Gasteiger partial charge in [-0.25, -0.2) is 14.1 Å². The molecule has 3 rings (SSSR count). The van der Waals surface area contributed by atoms with Crippen LogP contribution in [0, 0.1) is 19.7 Å². The lowest BCUT2D eigenvalue weighted by molar-refractivity contribution is -0.120. The molecule has 0 saturated carbocycles. The predicted molar refractivity (Wildman–Crippen MR) is 105 cm³/mol. The van der Waals surface area contributed by atoms with E-state index in [0.29, 0.717) is 12.2 Å². The second-order valence-electron chi connectivity index (χ2n) is 6.26. The van der Waals surface area contributed by atoms with Crippen molar-refractivity contribution in [3.8, 4) is 5.13 Å². The van der Waals surface area contributed by atoms with Gasteiger partial charge in [-0.2, -0.15) is 5.10 Å². The van der Waals surface area contributed by atoms with Gasteiger partial charge in [-0.05, 0) is 38.0 Å². The third-order valence-corrected chi connectivity index (χ3v) is 5.12. The summed E-state index contributed by atoms with van der Waals surface area (Å²) in [7, 11) is 0. The van der Waals surface area contributed by atoms with Crippen molar-refractivity contribution in [1.29, 1.82) is 0 Å². The van der Waals surface area contributed by atoms with Crippen molar-refractivity contribution >= 4 is 17.2 Å². The van der Waals surface area contributed by atoms with Gasteiger partial charge in [0.25, 0.3) is 0 Å². The lowest BCUT2D eigenvalue weighted by atomic mass is 10.1. The Bertz CT molecular complexity index is 959. The molecule has 5 nitrogen and oxygen atoms in total. The molecule has 0 aliphatic rings. The summed E-state index contributed by atoms with van der Waals surface area (Å²) in [6.07, 6.45) is 2.82. The number of rotatable bonds is 7. The van der Waals surface area contributed by atoms with Gasteiger partial charge >= 0.3 is 0 Å². The van der Waals surface area contributed by atoms with E-state index >= 15 is 0 Å². The molecule has 3 aromatic rings. The number of carbonyl (C=O) groups excluding carboxylic acids is 1. The first-order chi connectivity index (χ1) is 13.0. The number of hydrogen-bond donors (Lipinski definition) is 1. The lowest BCUT2D eigenvalue weighted by Gasteiger charge is -2.04. The summed E-state index contributed by atoms with van der Waals surface area (Å²) in [4.78, 5) is 16.7. The largest absolute Gasteiger partial charge is 0.352 e. The Hall–Kier alpha value is -2.80. The molecule has 27 heavy (non-hydrogen) atoms. The van der Waals surface area contributed by atoms with Crippen LogP contribution in [0.2, 0.25) is 0 Å². The molecule has 0 aliphatic carbocycles. The van der Waals surface area contributed by atoms with Gasteiger partial charge in [-0.1, -0.05) is 18.2 Å². The van der Waals surface area contributed by atoms with E-state index in [2.05, 4.69) is 22.0 Å². The Balaban J connectivity index is 1.64. The zero-order valence-corrected chi connectivity index (χ0v) is 16.1. The summed E-state index contributed by atoms with van der Waals surface area (Å²) in [5, 5.41) is 10.0. The quantitative estimate of drug-likeness (QED) is 0.632. The van der Waals surface area contributed by atoms with E-state index in [4.69, 9.17) is 0 Å². The fraction of sp³-hybridized carbons (Fsp3) is 0.250. The molecule has 0 saturated heterocycles. The van der Waals surface area contributed by atoms with E-state index in [9.17, 15) is 9.18 Å². The summed E-state index contributed by atoms with van der Waals surface area (Å²) in [5.74, 6) is -0.419. The van der Waals surface area contributed by atoms with Gasteiger partial charge in [0, 0.05) is 23.2 Å². The normalized spacial score (nSPS) is 10.8. The highest BCUT2D eigenvalue weighted by Gasteiger charge is 2.15. The van der Waals surface area contributed by atoms with Gasteiger partial charge in [0.2, 0.25) is 11.0 Å². The monoisotopic (exact) mass is 384 g/mol. The first-order valence-corrected chi connectivity index (χ1v) is 9.47. The smallest absolute Gasteiger partial charge is 0.226 e. The van der Waals surface area contributed by atoms with Gasteiger partial charge in [0.1, 0.15) is 5.82 Å². The number of nitrogens with one attached hydrogen (secondary N) is 1. The average Bonchev–Trinajstić information content (AvgIpc) is 3.21. The highest BCUT2D eigenvalue weighted by Crippen LogP contribution is 2.21. The molecule has 0 radical (unpaired) electrons. The number of halogens is 1. The second-order valence-corrected chi connectivity index (χ2v) is 7.09. The average molecular weight is 384 g/mol. The van der Waals surface area contributed by atoms with Crippen LogP contribution in [0.15, 0.2) is 42.3 Å². The molecule has 1 N–H and O–H groups in total. The molecular formula is C20H21FN4OS. The molecule has 0 fully saturated rings. The molecule has 0 atom stereocenters. The van der Waals surface area contributed by atoms with Crippen LogP contribution in [-0.2, 0) is 24.2 Å². The minimum atomic E-state index is -0.291. The molecule has 140 valence electrons. The molecule has 0 bridgehead atoms. The molecule has 0 spiro atoms. The standard InChI is InChI=1S/C20H21FN4OS/c1-4-5-18-13(2)24-25(14(18)3)20-23-17(12-27-20)10-19(26)22-11-15-6-8-16(21)9-7-15/h4,6-9,12H,1,5,10-11H2,2-3H3,(H,22,26). The first kappa shape index (κ1) is 19.0. The van der Waals surface area contributed by atoms with E-state index in [0.717, 1.165) is 34.1 Å². The molecule has 2 aromatic heterocycles. The number of thiazole rings is 1. The van der Waals surface area contributed by atoms with Crippen molar-refractivity contribution in [3.63, 3.8) is 0 Å². The third-order valence-electron chi connectivity index (χ3n) is 4.26. The molecule has 1 amide bonds. The number of nitrogens with zero attached hydrogens (tertiary/aromatic N) is 3. The van der Waals surface area contributed by atoms with Gasteiger partial charge < -0.3 is 5.32 Å². The van der Waals surface area contributed by atoms with Crippen molar-refractivity contribution in [1.82, 2.24) is 20.1 Å². The number of carbonyl (C=O) groups is 1. The van der Waals surface area contributed by atoms with Gasteiger partial charge in [0.15, 0.2) is 0 Å². The Morgan fingerprint density at radius 2 is 2.07 bits per heavy atom. The summed E-state index contributed by atoms with van der Waals surface area (Å²) in [6, 6.07) is 6.06. The number of allylic oxidation sites excluding steroid dienone is 1. The van der Waals surface area contributed by atoms with E-state index in [-0.39, 0.29) is 18.1 Å². The number of hydrogen-bond acceptors (Lipinski definition) is 4. The van der Waals surface area contributed by atoms with E-state index < -0.39 is 0 Å². The third kappa shape index (κ3) is 4.49. The van der Waals surface area contributed by atoms with Crippen LogP contribution in [-0.4, -0.2) is 20.7 Å². The molecule has 2 heterocycles. The Morgan fingerprint density at radius 3 is 2.78 bits per heavy atom. The van der Waals surface area contributed by atoms with Crippen molar-refractivity contribution in [3.05, 3.63) is 76.3 Å². The van der Waals surface area contributed by atoms with Crippen molar-refractivity contribution in [2.24, 2.45) is 0 Å². The highest BCUT2D eigenvalue weighted by molar-refractivity contribution is 7.12. The Labute approximate surface area is 161 Å². The SMILES string of the molecule is C=CCc1c(C)nn(-c2nc(CC(=O)NCc3ccc(F)cc3)cs2)c1C. The van der Waals surface area contributed by atoms with E-state index in [1.54, 1.807) is 12.1 Å². The predicted octanol–water partition coefficient (Wildman–Crippen LogP) is 3.67. The van der Waals surface area contributed by atoms with E-state index in [1.165, 1.54) is 23.5 Å². The number of amides is 1. The second kappa shape index (κ2) is 8.26. The summed E-state index contributed by atoms with van der Waals surface area (Å²) < 4.78 is 14.7. The van der Waals surface area contributed by atoms with Crippen molar-refractivity contribution in [2.45, 2.75) is 33.2 Å². The van der Waals surface area contributed by atoms with Gasteiger partial charge in [0.05, 0.1) is 17.8 Å². The van der Waals surface area contributed by atoms with Crippen LogP contribution in [0.25, 0.3) is 5.13 Å². The lowest BCUT2D eigenvalue weighted by Crippen LogP contribution is -2.24. The minimum Gasteiger partial charge on any atom is -0.352 e. The van der Waals surface area contributed by atoms with Crippen LogP contribution in [0.3, 0.4) is 0 Å². The van der Waals surface area contributed by atoms with Crippen LogP contribution in [0.4, 0.5) is 4.39 Å². The highest BCUT2D eigenvalue weighted by atomic mass is 32.1. The molecule has 7 heteroatoms.